The second-order valence-electron chi connectivity index (χ2n) is 6.67. The number of fused-ring (bicyclic) bond motifs is 1. The van der Waals surface area contributed by atoms with E-state index in [4.69, 9.17) is 4.74 Å². The number of nitrogens with zero attached hydrogens (tertiary/aromatic N) is 3. The molecule has 3 aromatic rings. The molecule has 0 fully saturated rings. The number of aryl methyl sites for hydroxylation is 1. The molecule has 0 aliphatic rings. The molecule has 8 nitrogen and oxygen atoms in total. The van der Waals surface area contributed by atoms with Crippen molar-refractivity contribution in [2.24, 2.45) is 0 Å². The van der Waals surface area contributed by atoms with Crippen LogP contribution < -0.4 is 15.6 Å². The van der Waals surface area contributed by atoms with Crippen LogP contribution in [0.1, 0.15) is 29.1 Å². The number of ether oxygens (including phenoxy) is 1. The van der Waals surface area contributed by atoms with Crippen molar-refractivity contribution in [3.8, 4) is 5.75 Å². The molecule has 0 saturated carbocycles. The molecule has 1 aromatic carbocycles. The average Bonchev–Trinajstić information content (AvgIpc) is 3.08. The van der Waals surface area contributed by atoms with Crippen LogP contribution in [-0.2, 0) is 11.3 Å². The fourth-order valence-electron chi connectivity index (χ4n) is 3.20. The minimum atomic E-state index is -0.325. The quantitative estimate of drug-likeness (QED) is 0.625. The summed E-state index contributed by atoms with van der Waals surface area (Å²) in [6, 6.07) is 7.03. The first-order valence-corrected chi connectivity index (χ1v) is 10.4. The first kappa shape index (κ1) is 21.5. The molecule has 2 amide bonds. The highest BCUT2D eigenvalue weighted by Gasteiger charge is 2.21. The van der Waals surface area contributed by atoms with Crippen LogP contribution in [0.25, 0.3) is 10.2 Å². The van der Waals surface area contributed by atoms with Crippen LogP contribution in [0.3, 0.4) is 0 Å². The molecular weight excluding hydrogens is 404 g/mol. The number of carbonyl (C=O) groups excluding carboxylic acids is 2. The van der Waals surface area contributed by atoms with Crippen molar-refractivity contribution < 1.29 is 14.3 Å². The molecule has 0 radical (unpaired) electrons. The van der Waals surface area contributed by atoms with Crippen LogP contribution in [0.15, 0.2) is 35.4 Å². The standard InChI is InChI=1S/C21H24N4O4S/c1-5-24(6-2)16(26)11-25-12-22-20-17(21(25)28)13(3)18(30-20)19(27)23-14-8-7-9-15(10-14)29-4/h7-10,12H,5-6,11H2,1-4H3,(H,23,27). The third kappa shape index (κ3) is 4.20. The molecule has 2 heterocycles. The molecule has 0 unspecified atom stereocenters. The second-order valence-corrected chi connectivity index (χ2v) is 7.67. The maximum atomic E-state index is 13.0. The lowest BCUT2D eigenvalue weighted by Gasteiger charge is -2.18. The van der Waals surface area contributed by atoms with E-state index in [2.05, 4.69) is 10.3 Å². The molecule has 1 N–H and O–H groups in total. The normalized spacial score (nSPS) is 10.8. The molecule has 158 valence electrons. The molecular formula is C21H24N4O4S. The highest BCUT2D eigenvalue weighted by Crippen LogP contribution is 2.28. The maximum absolute atomic E-state index is 13.0. The lowest BCUT2D eigenvalue weighted by atomic mass is 10.2. The van der Waals surface area contributed by atoms with Gasteiger partial charge in [-0.2, -0.15) is 0 Å². The third-order valence-electron chi connectivity index (χ3n) is 4.87. The molecule has 3 rings (SSSR count). The number of carbonyl (C=O) groups is 2. The van der Waals surface area contributed by atoms with E-state index in [0.717, 1.165) is 11.3 Å². The number of anilines is 1. The summed E-state index contributed by atoms with van der Waals surface area (Å²) < 4.78 is 6.47. The predicted molar refractivity (Wildman–Crippen MR) is 117 cm³/mol. The van der Waals surface area contributed by atoms with Gasteiger partial charge in [0.15, 0.2) is 0 Å². The number of nitrogens with one attached hydrogen (secondary N) is 1. The van der Waals surface area contributed by atoms with Gasteiger partial charge < -0.3 is 15.0 Å². The van der Waals surface area contributed by atoms with E-state index < -0.39 is 0 Å². The second kappa shape index (κ2) is 9.08. The van der Waals surface area contributed by atoms with Crippen molar-refractivity contribution in [3.05, 3.63) is 51.4 Å². The van der Waals surface area contributed by atoms with Crippen molar-refractivity contribution in [1.29, 1.82) is 0 Å². The maximum Gasteiger partial charge on any atom is 0.266 e. The molecule has 0 aliphatic heterocycles. The fraction of sp³-hybridized carbons (Fsp3) is 0.333. The largest absolute Gasteiger partial charge is 0.497 e. The van der Waals surface area contributed by atoms with Gasteiger partial charge in [0.1, 0.15) is 17.1 Å². The van der Waals surface area contributed by atoms with Gasteiger partial charge in [-0.1, -0.05) is 6.07 Å². The number of aromatic nitrogens is 2. The first-order chi connectivity index (χ1) is 14.4. The highest BCUT2D eigenvalue weighted by molar-refractivity contribution is 7.20. The summed E-state index contributed by atoms with van der Waals surface area (Å²) >= 11 is 1.16. The van der Waals surface area contributed by atoms with Gasteiger partial charge in [-0.15, -0.1) is 11.3 Å². The summed E-state index contributed by atoms with van der Waals surface area (Å²) in [5.41, 5.74) is 0.818. The Morgan fingerprint density at radius 2 is 2.00 bits per heavy atom. The zero-order chi connectivity index (χ0) is 21.8. The minimum Gasteiger partial charge on any atom is -0.497 e. The Kier molecular flexibility index (Phi) is 6.51. The SMILES string of the molecule is CCN(CC)C(=O)Cn1cnc2sc(C(=O)Nc3cccc(OC)c3)c(C)c2c1=O. The zero-order valence-corrected chi connectivity index (χ0v) is 18.2. The van der Waals surface area contributed by atoms with Crippen LogP contribution in [0.2, 0.25) is 0 Å². The average molecular weight is 429 g/mol. The van der Waals surface area contributed by atoms with Crippen LogP contribution in [0, 0.1) is 6.92 Å². The summed E-state index contributed by atoms with van der Waals surface area (Å²) in [7, 11) is 1.55. The Balaban J connectivity index is 1.92. The predicted octanol–water partition coefficient (Wildman–Crippen LogP) is 2.90. The van der Waals surface area contributed by atoms with E-state index in [0.29, 0.717) is 45.2 Å². The zero-order valence-electron chi connectivity index (χ0n) is 17.4. The number of thiophene rings is 1. The number of rotatable bonds is 7. The van der Waals surface area contributed by atoms with Crippen molar-refractivity contribution in [2.45, 2.75) is 27.3 Å². The molecule has 0 aliphatic carbocycles. The van der Waals surface area contributed by atoms with Crippen LogP contribution in [-0.4, -0.2) is 46.5 Å². The van der Waals surface area contributed by atoms with Gasteiger partial charge >= 0.3 is 0 Å². The van der Waals surface area contributed by atoms with Gasteiger partial charge in [0.25, 0.3) is 11.5 Å². The summed E-state index contributed by atoms with van der Waals surface area (Å²) in [5, 5.41) is 3.19. The molecule has 0 bridgehead atoms. The van der Waals surface area contributed by atoms with Gasteiger partial charge in [-0.25, -0.2) is 4.98 Å². The van der Waals surface area contributed by atoms with Gasteiger partial charge in [0.05, 0.1) is 23.7 Å². The van der Waals surface area contributed by atoms with Crippen LogP contribution >= 0.6 is 11.3 Å². The number of amides is 2. The Morgan fingerprint density at radius 1 is 1.27 bits per heavy atom. The van der Waals surface area contributed by atoms with Gasteiger partial charge in [-0.3, -0.25) is 19.0 Å². The number of benzene rings is 1. The van der Waals surface area contributed by atoms with Gasteiger partial charge in [0, 0.05) is 24.8 Å². The Hall–Kier alpha value is -3.20. The monoisotopic (exact) mass is 428 g/mol. The molecule has 9 heteroatoms. The van der Waals surface area contributed by atoms with E-state index >= 15 is 0 Å². The van der Waals surface area contributed by atoms with E-state index in [1.165, 1.54) is 10.9 Å². The lowest BCUT2D eigenvalue weighted by Crippen LogP contribution is -2.36. The van der Waals surface area contributed by atoms with Gasteiger partial charge in [0.2, 0.25) is 5.91 Å². The van der Waals surface area contributed by atoms with E-state index in [9.17, 15) is 14.4 Å². The van der Waals surface area contributed by atoms with Crippen molar-refractivity contribution in [2.75, 3.05) is 25.5 Å². The summed E-state index contributed by atoms with van der Waals surface area (Å²) in [6.07, 6.45) is 1.37. The lowest BCUT2D eigenvalue weighted by molar-refractivity contribution is -0.131. The fourth-order valence-corrected chi connectivity index (χ4v) is 4.23. The molecule has 0 spiro atoms. The molecule has 0 saturated heterocycles. The van der Waals surface area contributed by atoms with Crippen molar-refractivity contribution in [1.82, 2.24) is 14.5 Å². The summed E-state index contributed by atoms with van der Waals surface area (Å²) in [6.45, 7) is 6.57. The van der Waals surface area contributed by atoms with Crippen molar-refractivity contribution >= 4 is 39.1 Å². The first-order valence-electron chi connectivity index (χ1n) is 9.61. The summed E-state index contributed by atoms with van der Waals surface area (Å²) in [4.78, 5) is 45.0. The Labute approximate surface area is 178 Å². The van der Waals surface area contributed by atoms with E-state index in [1.807, 2.05) is 13.8 Å². The molecule has 0 atom stereocenters. The Bertz CT molecular complexity index is 1150. The van der Waals surface area contributed by atoms with Gasteiger partial charge in [-0.05, 0) is 38.5 Å². The number of hydrogen-bond acceptors (Lipinski definition) is 6. The van der Waals surface area contributed by atoms with E-state index in [1.54, 1.807) is 43.2 Å². The topological polar surface area (TPSA) is 93.5 Å². The smallest absolute Gasteiger partial charge is 0.266 e. The van der Waals surface area contributed by atoms with E-state index in [-0.39, 0.29) is 23.9 Å². The van der Waals surface area contributed by atoms with Crippen LogP contribution in [0.4, 0.5) is 5.69 Å². The Morgan fingerprint density at radius 3 is 2.67 bits per heavy atom. The number of hydrogen-bond donors (Lipinski definition) is 1. The number of likely N-dealkylation sites (N-methyl/N-ethyl adjacent to an activating group) is 1. The minimum absolute atomic E-state index is 0.0793. The highest BCUT2D eigenvalue weighted by atomic mass is 32.1. The van der Waals surface area contributed by atoms with Crippen LogP contribution in [0.5, 0.6) is 5.75 Å². The van der Waals surface area contributed by atoms with Crippen molar-refractivity contribution in [3.63, 3.8) is 0 Å². The molecule has 30 heavy (non-hydrogen) atoms. The summed E-state index contributed by atoms with van der Waals surface area (Å²) in [5.74, 6) is 0.157. The molecule has 2 aromatic heterocycles. The number of methoxy groups -OCH3 is 1. The third-order valence-corrected chi connectivity index (χ3v) is 6.07.